The van der Waals surface area contributed by atoms with Crippen LogP contribution in [0.2, 0.25) is 0 Å². The summed E-state index contributed by atoms with van der Waals surface area (Å²) in [5, 5.41) is 10.2. The monoisotopic (exact) mass is 360 g/mol. The van der Waals surface area contributed by atoms with Gasteiger partial charge in [-0.15, -0.1) is 10.2 Å². The van der Waals surface area contributed by atoms with Gasteiger partial charge < -0.3 is 9.84 Å². The molecule has 0 spiro atoms. The number of methoxy groups -OCH3 is 1. The summed E-state index contributed by atoms with van der Waals surface area (Å²) in [5.41, 5.74) is 0.657. The first-order chi connectivity index (χ1) is 10.8. The van der Waals surface area contributed by atoms with E-state index in [0.717, 1.165) is 0 Å². The maximum Gasteiger partial charge on any atom is 0.364 e. The maximum absolute atomic E-state index is 11.9. The van der Waals surface area contributed by atoms with E-state index in [2.05, 4.69) is 0 Å². The van der Waals surface area contributed by atoms with Gasteiger partial charge in [-0.25, -0.2) is 27.8 Å². The fraction of sp³-hybridized carbons (Fsp3) is 0.333. The number of ether oxygens (including phenoxy) is 1. The molecular weight excluding hydrogens is 344 g/mol. The molecule has 9 heteroatoms. The second kappa shape index (κ2) is 7.29. The number of hydrogen-bond donors (Lipinski definition) is 1. The van der Waals surface area contributed by atoms with E-state index in [-0.39, 0.29) is 11.2 Å². The van der Waals surface area contributed by atoms with Gasteiger partial charge in [0.05, 0.1) is 35.6 Å². The van der Waals surface area contributed by atoms with Crippen LogP contribution in [-0.2, 0) is 10.2 Å². The summed E-state index contributed by atoms with van der Waals surface area (Å²) in [6.07, 6.45) is 0. The summed E-state index contributed by atoms with van der Waals surface area (Å²) in [5.74, 6) is 0.334. The lowest BCUT2D eigenvalue weighted by Crippen LogP contribution is -2.68. The molecule has 0 radical (unpaired) electrons. The first kappa shape index (κ1) is 20.1. The lowest BCUT2D eigenvalue weighted by atomic mass is 9.91. The lowest BCUT2D eigenvalue weighted by Gasteiger charge is -2.17. The highest BCUT2D eigenvalue weighted by Crippen LogP contribution is 2.31. The second-order valence-corrected chi connectivity index (χ2v) is 6.58. The van der Waals surface area contributed by atoms with Gasteiger partial charge in [0.25, 0.3) is 0 Å². The Hall–Kier alpha value is -1.97. The Balaban J connectivity index is 0.000000505. The average Bonchev–Trinajstić information content (AvgIpc) is 2.42. The predicted molar refractivity (Wildman–Crippen MR) is 72.3 cm³/mol. The highest BCUT2D eigenvalue weighted by Gasteiger charge is 2.31. The van der Waals surface area contributed by atoms with Crippen LogP contribution in [0.15, 0.2) is 28.7 Å². The van der Waals surface area contributed by atoms with Crippen molar-refractivity contribution in [3.8, 4) is 5.75 Å². The molecule has 0 aliphatic rings. The van der Waals surface area contributed by atoms with E-state index in [9.17, 15) is 9.90 Å². The van der Waals surface area contributed by atoms with Gasteiger partial charge in [0.15, 0.2) is 0 Å². The van der Waals surface area contributed by atoms with Crippen LogP contribution in [0.4, 0.5) is 0 Å². The molecule has 0 unspecified atom stereocenters. The maximum atomic E-state index is 11.9. The quantitative estimate of drug-likeness (QED) is 0.489. The van der Waals surface area contributed by atoms with E-state index in [1.54, 1.807) is 12.1 Å². The van der Waals surface area contributed by atoms with Crippen molar-refractivity contribution in [3.63, 3.8) is 0 Å². The van der Waals surface area contributed by atoms with Crippen molar-refractivity contribution >= 4 is 16.9 Å². The number of phenolic OH excluding ortho intramolecular Hbond substituents is 1. The Kier molecular flexibility index (Phi) is 6.09. The van der Waals surface area contributed by atoms with Crippen molar-refractivity contribution in [2.45, 2.75) is 26.2 Å². The van der Waals surface area contributed by atoms with Gasteiger partial charge in [0.1, 0.15) is 5.75 Å². The Morgan fingerprint density at radius 2 is 1.71 bits per heavy atom. The standard InChI is InChI=1S/C15H16O4.ClHO4/c1-15(2,3)13-8-11(14(17)18-4)10-6-5-9(16)7-12(10)19-13;2-1(3,4)5/h5-8H,1-4H3;(H,2,3,4,5). The van der Waals surface area contributed by atoms with Crippen LogP contribution in [0, 0.1) is 10.2 Å². The van der Waals surface area contributed by atoms with Crippen molar-refractivity contribution in [2.24, 2.45) is 0 Å². The van der Waals surface area contributed by atoms with Gasteiger partial charge in [0, 0.05) is 0 Å². The number of fused-ring (bicyclic) bond motifs is 1. The SMILES string of the molecule is COC(=O)c1cc(C(C)(C)C)[o+]c2cc(O)ccc12.[O-][Cl+3]([O-])([O-])[O-]. The fourth-order valence-electron chi connectivity index (χ4n) is 1.82. The van der Waals surface area contributed by atoms with Crippen LogP contribution in [0.1, 0.15) is 36.9 Å². The van der Waals surface area contributed by atoms with Gasteiger partial charge in [-0.1, -0.05) is 0 Å². The lowest BCUT2D eigenvalue weighted by molar-refractivity contribution is -2.00. The van der Waals surface area contributed by atoms with Crippen LogP contribution >= 0.6 is 0 Å². The van der Waals surface area contributed by atoms with Crippen LogP contribution in [0.3, 0.4) is 0 Å². The van der Waals surface area contributed by atoms with Crippen LogP contribution in [-0.4, -0.2) is 18.2 Å². The number of hydrogen-bond acceptors (Lipinski definition) is 7. The molecule has 8 nitrogen and oxygen atoms in total. The molecule has 1 aromatic heterocycles. The third-order valence-corrected chi connectivity index (χ3v) is 2.90. The van der Waals surface area contributed by atoms with E-state index in [4.69, 9.17) is 27.8 Å². The summed E-state index contributed by atoms with van der Waals surface area (Å²) < 4.78 is 44.5. The van der Waals surface area contributed by atoms with E-state index in [0.29, 0.717) is 22.3 Å². The molecule has 0 amide bonds. The molecule has 0 saturated heterocycles. The first-order valence-electron chi connectivity index (χ1n) is 6.63. The molecule has 1 aromatic carbocycles. The fourth-order valence-corrected chi connectivity index (χ4v) is 1.82. The van der Waals surface area contributed by atoms with Crippen LogP contribution in [0.5, 0.6) is 5.75 Å². The Labute approximate surface area is 140 Å². The summed E-state index contributed by atoms with van der Waals surface area (Å²) in [6, 6.07) is 6.36. The van der Waals surface area contributed by atoms with Crippen LogP contribution < -0.4 is 18.6 Å². The van der Waals surface area contributed by atoms with Gasteiger partial charge in [-0.05, 0) is 32.9 Å². The molecule has 0 aliphatic heterocycles. The molecule has 24 heavy (non-hydrogen) atoms. The smallest absolute Gasteiger partial charge is 0.364 e. The van der Waals surface area contributed by atoms with Gasteiger partial charge >= 0.3 is 17.3 Å². The summed E-state index contributed by atoms with van der Waals surface area (Å²) in [7, 11) is -3.60. The molecule has 0 fully saturated rings. The van der Waals surface area contributed by atoms with Gasteiger partial charge in [0.2, 0.25) is 0 Å². The van der Waals surface area contributed by atoms with E-state index in [1.807, 2.05) is 20.8 Å². The topological polar surface area (TPSA) is 150 Å². The Bertz CT molecular complexity index is 725. The summed E-state index contributed by atoms with van der Waals surface area (Å²) in [4.78, 5) is 11.9. The van der Waals surface area contributed by atoms with E-state index >= 15 is 0 Å². The number of carbonyl (C=O) groups is 1. The average molecular weight is 361 g/mol. The number of esters is 1. The molecule has 0 aliphatic carbocycles. The molecule has 0 atom stereocenters. The zero-order valence-electron chi connectivity index (χ0n) is 13.5. The van der Waals surface area contributed by atoms with Crippen molar-refractivity contribution in [2.75, 3.05) is 7.11 Å². The number of aromatic hydroxyl groups is 1. The first-order valence-corrected chi connectivity index (χ1v) is 7.87. The summed E-state index contributed by atoms with van der Waals surface area (Å²) in [6.45, 7) is 5.96. The largest absolute Gasteiger partial charge is 0.508 e. The molecule has 1 N–H and O–H groups in total. The molecule has 1 heterocycles. The number of halogens is 1. The minimum absolute atomic E-state index is 0.0955. The number of rotatable bonds is 1. The third kappa shape index (κ3) is 5.91. The third-order valence-electron chi connectivity index (χ3n) is 2.90. The number of benzene rings is 1. The van der Waals surface area contributed by atoms with E-state index < -0.39 is 16.2 Å². The predicted octanol–water partition coefficient (Wildman–Crippen LogP) is -1.25. The van der Waals surface area contributed by atoms with Gasteiger partial charge in [-0.3, -0.25) is 0 Å². The van der Waals surface area contributed by atoms with Crippen molar-refractivity contribution < 1.29 is 47.9 Å². The minimum Gasteiger partial charge on any atom is -0.508 e. The van der Waals surface area contributed by atoms with Gasteiger partial charge in [-0.2, -0.15) is 0 Å². The number of phenols is 1. The molecular formula is C15H17ClO8. The summed E-state index contributed by atoms with van der Waals surface area (Å²) >= 11 is 0. The molecule has 0 saturated carbocycles. The van der Waals surface area contributed by atoms with Crippen LogP contribution in [0.25, 0.3) is 11.0 Å². The normalized spacial score (nSPS) is 11.7. The zero-order valence-corrected chi connectivity index (χ0v) is 14.2. The Morgan fingerprint density at radius 3 is 2.17 bits per heavy atom. The van der Waals surface area contributed by atoms with E-state index in [1.165, 1.54) is 19.2 Å². The highest BCUT2D eigenvalue weighted by molar-refractivity contribution is 6.03. The minimum atomic E-state index is -4.94. The molecule has 2 rings (SSSR count). The Morgan fingerprint density at radius 1 is 1.17 bits per heavy atom. The highest BCUT2D eigenvalue weighted by atomic mass is 35.7. The zero-order chi connectivity index (χ0) is 18.7. The van der Waals surface area contributed by atoms with Crippen molar-refractivity contribution in [1.29, 1.82) is 0 Å². The van der Waals surface area contributed by atoms with Crippen molar-refractivity contribution in [1.82, 2.24) is 0 Å². The number of carbonyl (C=O) groups excluding carboxylic acids is 1. The second-order valence-electron chi connectivity index (χ2n) is 5.82. The molecule has 0 bridgehead atoms. The molecule has 2 aromatic rings. The van der Waals surface area contributed by atoms with Crippen molar-refractivity contribution in [3.05, 3.63) is 35.6 Å². The molecule has 132 valence electrons.